The minimum atomic E-state index is -0.407. The van der Waals surface area contributed by atoms with Gasteiger partial charge in [0.25, 0.3) is 0 Å². The zero-order chi connectivity index (χ0) is 22.8. The molecule has 1 aliphatic rings. The molecule has 1 atom stereocenters. The predicted octanol–water partition coefficient (Wildman–Crippen LogP) is 4.75. The lowest BCUT2D eigenvalue weighted by Gasteiger charge is -2.29. The summed E-state index contributed by atoms with van der Waals surface area (Å²) in [4.78, 5) is 27.9. The van der Waals surface area contributed by atoms with Crippen molar-refractivity contribution in [1.29, 1.82) is 0 Å². The van der Waals surface area contributed by atoms with E-state index < -0.39 is 5.54 Å². The summed E-state index contributed by atoms with van der Waals surface area (Å²) in [6, 6.07) is 21.0. The van der Waals surface area contributed by atoms with Crippen LogP contribution in [0.5, 0.6) is 0 Å². The fraction of sp³-hybridized carbons (Fsp3) is 0.259. The van der Waals surface area contributed by atoms with Crippen molar-refractivity contribution in [3.8, 4) is 0 Å². The quantitative estimate of drug-likeness (QED) is 0.386. The van der Waals surface area contributed by atoms with E-state index in [1.165, 1.54) is 22.9 Å². The molecular weight excluding hydrogens is 417 g/mol. The second kappa shape index (κ2) is 8.70. The van der Waals surface area contributed by atoms with Gasteiger partial charge in [-0.25, -0.2) is 4.39 Å². The smallest absolute Gasteiger partial charge is 0.220 e. The van der Waals surface area contributed by atoms with Crippen molar-refractivity contribution in [2.45, 2.75) is 44.2 Å². The highest BCUT2D eigenvalue weighted by Gasteiger charge is 2.37. The number of nitrogens with one attached hydrogen (secondary N) is 3. The number of fused-ring (bicyclic) bond motifs is 2. The van der Waals surface area contributed by atoms with Crippen LogP contribution >= 0.6 is 0 Å². The van der Waals surface area contributed by atoms with E-state index in [0.29, 0.717) is 32.2 Å². The van der Waals surface area contributed by atoms with Crippen molar-refractivity contribution in [2.75, 3.05) is 0 Å². The highest BCUT2D eigenvalue weighted by Crippen LogP contribution is 2.30. The highest BCUT2D eigenvalue weighted by molar-refractivity contribution is 5.84. The standard InChI is InChI=1S/C27H26FN3O2/c28-22-7-8-24-21(14-22)15-23(30-24)17-29-25(32)9-11-27(12-10-26(33)31-27)16-18-5-6-19-3-1-2-4-20(19)13-18/h1-8,13-15,30H,9-12,16-17H2,(H,29,32)(H,31,33)/t27-/m0/s1. The summed E-state index contributed by atoms with van der Waals surface area (Å²) in [6.07, 6.45) is 2.81. The summed E-state index contributed by atoms with van der Waals surface area (Å²) in [6.45, 7) is 0.346. The van der Waals surface area contributed by atoms with Gasteiger partial charge in [0.15, 0.2) is 0 Å². The zero-order valence-corrected chi connectivity index (χ0v) is 18.3. The van der Waals surface area contributed by atoms with Crippen LogP contribution < -0.4 is 10.6 Å². The van der Waals surface area contributed by atoms with Gasteiger partial charge in [-0.3, -0.25) is 9.59 Å². The average molecular weight is 444 g/mol. The third kappa shape index (κ3) is 4.75. The number of carbonyl (C=O) groups excluding carboxylic acids is 2. The van der Waals surface area contributed by atoms with Gasteiger partial charge in [0.2, 0.25) is 11.8 Å². The molecule has 2 heterocycles. The third-order valence-electron chi connectivity index (χ3n) is 6.54. The largest absolute Gasteiger partial charge is 0.357 e. The van der Waals surface area contributed by atoms with Gasteiger partial charge in [-0.15, -0.1) is 0 Å². The molecule has 1 aliphatic heterocycles. The molecule has 3 N–H and O–H groups in total. The van der Waals surface area contributed by atoms with E-state index in [2.05, 4.69) is 45.9 Å². The first-order valence-electron chi connectivity index (χ1n) is 11.3. The Hall–Kier alpha value is -3.67. The molecule has 33 heavy (non-hydrogen) atoms. The summed E-state index contributed by atoms with van der Waals surface area (Å²) < 4.78 is 13.4. The maximum absolute atomic E-state index is 13.4. The Morgan fingerprint density at radius 2 is 1.85 bits per heavy atom. The predicted molar refractivity (Wildman–Crippen MR) is 127 cm³/mol. The maximum atomic E-state index is 13.4. The Kier molecular flexibility index (Phi) is 5.58. The second-order valence-electron chi connectivity index (χ2n) is 8.99. The number of rotatable bonds is 7. The molecule has 1 saturated heterocycles. The highest BCUT2D eigenvalue weighted by atomic mass is 19.1. The number of halogens is 1. The van der Waals surface area contributed by atoms with Crippen LogP contribution in [0, 0.1) is 5.82 Å². The zero-order valence-electron chi connectivity index (χ0n) is 18.3. The summed E-state index contributed by atoms with van der Waals surface area (Å²) >= 11 is 0. The van der Waals surface area contributed by atoms with Gasteiger partial charge in [0.1, 0.15) is 5.82 Å². The fourth-order valence-corrected chi connectivity index (χ4v) is 4.82. The Bertz CT molecular complexity index is 1350. The number of carbonyl (C=O) groups is 2. The number of H-pyrrole nitrogens is 1. The molecule has 0 bridgehead atoms. The van der Waals surface area contributed by atoms with Gasteiger partial charge in [-0.1, -0.05) is 42.5 Å². The molecule has 0 radical (unpaired) electrons. The number of hydrogen-bond acceptors (Lipinski definition) is 2. The molecule has 2 amide bonds. The average Bonchev–Trinajstić information content (AvgIpc) is 3.39. The van der Waals surface area contributed by atoms with Gasteiger partial charge in [0, 0.05) is 35.0 Å². The van der Waals surface area contributed by atoms with Crippen LogP contribution in [0.2, 0.25) is 0 Å². The van der Waals surface area contributed by atoms with Crippen LogP contribution in [0.1, 0.15) is 36.9 Å². The minimum Gasteiger partial charge on any atom is -0.357 e. The number of hydrogen-bond donors (Lipinski definition) is 3. The van der Waals surface area contributed by atoms with Crippen molar-refractivity contribution < 1.29 is 14.0 Å². The molecule has 3 aromatic carbocycles. The van der Waals surface area contributed by atoms with Crippen molar-refractivity contribution in [2.24, 2.45) is 0 Å². The topological polar surface area (TPSA) is 74.0 Å². The lowest BCUT2D eigenvalue weighted by Crippen LogP contribution is -2.44. The normalized spacial score (nSPS) is 18.0. The van der Waals surface area contributed by atoms with Crippen molar-refractivity contribution in [3.63, 3.8) is 0 Å². The minimum absolute atomic E-state index is 0.0431. The van der Waals surface area contributed by atoms with Crippen molar-refractivity contribution in [1.82, 2.24) is 15.6 Å². The van der Waals surface area contributed by atoms with Gasteiger partial charge < -0.3 is 15.6 Å². The molecule has 0 unspecified atom stereocenters. The molecule has 4 aromatic rings. The van der Waals surface area contributed by atoms with Gasteiger partial charge in [-0.2, -0.15) is 0 Å². The molecule has 0 spiro atoms. The monoisotopic (exact) mass is 443 g/mol. The molecule has 1 aromatic heterocycles. The Morgan fingerprint density at radius 3 is 2.67 bits per heavy atom. The first-order valence-corrected chi connectivity index (χ1v) is 11.3. The van der Waals surface area contributed by atoms with Crippen LogP contribution in [0.4, 0.5) is 4.39 Å². The summed E-state index contributed by atoms with van der Waals surface area (Å²) in [5.41, 5.74) is 2.41. The lowest BCUT2D eigenvalue weighted by molar-refractivity contribution is -0.122. The number of aromatic amines is 1. The van der Waals surface area contributed by atoms with Gasteiger partial charge >= 0.3 is 0 Å². The Balaban J connectivity index is 1.22. The molecule has 0 saturated carbocycles. The van der Waals surface area contributed by atoms with Crippen molar-refractivity contribution >= 4 is 33.5 Å². The van der Waals surface area contributed by atoms with Crippen LogP contribution in [0.25, 0.3) is 21.7 Å². The van der Waals surface area contributed by atoms with E-state index in [0.717, 1.165) is 28.6 Å². The molecule has 1 fully saturated rings. The van der Waals surface area contributed by atoms with E-state index in [1.807, 2.05) is 18.2 Å². The Morgan fingerprint density at radius 1 is 1.00 bits per heavy atom. The Labute approximate surface area is 191 Å². The lowest BCUT2D eigenvalue weighted by atomic mass is 9.84. The van der Waals surface area contributed by atoms with E-state index in [4.69, 9.17) is 0 Å². The number of benzene rings is 3. The third-order valence-corrected chi connectivity index (χ3v) is 6.54. The van der Waals surface area contributed by atoms with Crippen LogP contribution in [0.3, 0.4) is 0 Å². The summed E-state index contributed by atoms with van der Waals surface area (Å²) in [7, 11) is 0. The first kappa shape index (κ1) is 21.2. The summed E-state index contributed by atoms with van der Waals surface area (Å²) in [5, 5.41) is 9.23. The summed E-state index contributed by atoms with van der Waals surface area (Å²) in [5.74, 6) is -0.312. The second-order valence-corrected chi connectivity index (χ2v) is 8.99. The van der Waals surface area contributed by atoms with E-state index in [1.54, 1.807) is 6.07 Å². The van der Waals surface area contributed by atoms with Gasteiger partial charge in [-0.05, 0) is 59.9 Å². The van der Waals surface area contributed by atoms with Gasteiger partial charge in [0.05, 0.1) is 6.54 Å². The first-order chi connectivity index (χ1) is 16.0. The van der Waals surface area contributed by atoms with E-state index in [9.17, 15) is 14.0 Å². The molecule has 5 nitrogen and oxygen atoms in total. The molecule has 168 valence electrons. The molecule has 0 aliphatic carbocycles. The SMILES string of the molecule is O=C(CC[C@@]1(Cc2ccc3ccccc3c2)CCC(=O)N1)NCc1cc2cc(F)ccc2[nH]1. The van der Waals surface area contributed by atoms with E-state index >= 15 is 0 Å². The fourth-order valence-electron chi connectivity index (χ4n) is 4.82. The maximum Gasteiger partial charge on any atom is 0.220 e. The molecular formula is C27H26FN3O2. The molecule has 6 heteroatoms. The van der Waals surface area contributed by atoms with E-state index in [-0.39, 0.29) is 17.6 Å². The van der Waals surface area contributed by atoms with Crippen LogP contribution in [-0.2, 0) is 22.6 Å². The van der Waals surface area contributed by atoms with Crippen LogP contribution in [-0.4, -0.2) is 22.3 Å². The molecule has 5 rings (SSSR count). The number of aromatic nitrogens is 1. The van der Waals surface area contributed by atoms with Crippen LogP contribution in [0.15, 0.2) is 66.7 Å². The van der Waals surface area contributed by atoms with Crippen molar-refractivity contribution in [3.05, 3.63) is 83.8 Å². The number of amides is 2.